The zero-order chi connectivity index (χ0) is 18.6. The third-order valence-electron chi connectivity index (χ3n) is 3.83. The number of ether oxygens (including phenoxy) is 1. The predicted molar refractivity (Wildman–Crippen MR) is 90.6 cm³/mol. The van der Waals surface area contributed by atoms with Gasteiger partial charge in [-0.05, 0) is 31.5 Å². The molecule has 1 aliphatic rings. The van der Waals surface area contributed by atoms with E-state index < -0.39 is 24.1 Å². The first kappa shape index (κ1) is 22.0. The zero-order valence-electron chi connectivity index (χ0n) is 14.0. The van der Waals surface area contributed by atoms with Gasteiger partial charge in [0.25, 0.3) is 0 Å². The van der Waals surface area contributed by atoms with Crippen molar-refractivity contribution in [1.82, 2.24) is 4.90 Å². The van der Waals surface area contributed by atoms with E-state index in [1.165, 1.54) is 17.0 Å². The van der Waals surface area contributed by atoms with E-state index >= 15 is 0 Å². The Balaban J connectivity index is 0.00000338. The third kappa shape index (κ3) is 5.77. The Kier molecular flexibility index (Phi) is 7.70. The molecule has 1 heterocycles. The van der Waals surface area contributed by atoms with E-state index in [-0.39, 0.29) is 24.9 Å². The van der Waals surface area contributed by atoms with Gasteiger partial charge in [-0.2, -0.15) is 0 Å². The molecular weight excluding hydrogens is 377 g/mol. The summed E-state index contributed by atoms with van der Waals surface area (Å²) in [7, 11) is 0. The second-order valence-corrected chi connectivity index (χ2v) is 5.70. The first-order valence-electron chi connectivity index (χ1n) is 7.84. The van der Waals surface area contributed by atoms with Crippen molar-refractivity contribution < 1.29 is 32.6 Å². The molecule has 1 aromatic rings. The number of anilines is 1. The van der Waals surface area contributed by atoms with Gasteiger partial charge >= 0.3 is 12.3 Å². The average Bonchev–Trinajstić information content (AvgIpc) is 2.86. The van der Waals surface area contributed by atoms with Gasteiger partial charge < -0.3 is 14.7 Å². The normalized spacial score (nSPS) is 17.3. The first-order valence-corrected chi connectivity index (χ1v) is 7.84. The fourth-order valence-electron chi connectivity index (χ4n) is 2.91. The number of rotatable bonds is 7. The second kappa shape index (κ2) is 9.09. The van der Waals surface area contributed by atoms with Crippen LogP contribution < -0.4 is 9.64 Å². The molecule has 1 aliphatic heterocycles. The quantitative estimate of drug-likeness (QED) is 0.767. The van der Waals surface area contributed by atoms with Crippen molar-refractivity contribution in [3.8, 4) is 5.75 Å². The van der Waals surface area contributed by atoms with E-state index in [0.717, 1.165) is 12.1 Å². The van der Waals surface area contributed by atoms with E-state index in [1.54, 1.807) is 4.90 Å². The van der Waals surface area contributed by atoms with Crippen LogP contribution in [0, 0.1) is 0 Å². The minimum Gasteiger partial charge on any atom is -0.480 e. The monoisotopic (exact) mass is 396 g/mol. The number of carbonyl (C=O) groups excluding carboxylic acids is 1. The van der Waals surface area contributed by atoms with Crippen LogP contribution in [0.4, 0.5) is 18.9 Å². The number of alkyl halides is 3. The first-order chi connectivity index (χ1) is 11.7. The molecule has 0 aromatic heterocycles. The van der Waals surface area contributed by atoms with Gasteiger partial charge in [0.1, 0.15) is 5.75 Å². The van der Waals surface area contributed by atoms with E-state index in [4.69, 9.17) is 5.11 Å². The van der Waals surface area contributed by atoms with E-state index in [2.05, 4.69) is 4.74 Å². The molecule has 0 bridgehead atoms. The van der Waals surface area contributed by atoms with Crippen LogP contribution in [0.25, 0.3) is 0 Å². The number of hydrogen-bond acceptors (Lipinski definition) is 4. The predicted octanol–water partition coefficient (Wildman–Crippen LogP) is 2.91. The number of amides is 1. The van der Waals surface area contributed by atoms with Crippen molar-refractivity contribution in [2.24, 2.45) is 0 Å². The zero-order valence-corrected chi connectivity index (χ0v) is 14.8. The number of benzene rings is 1. The van der Waals surface area contributed by atoms with E-state index in [0.29, 0.717) is 31.6 Å². The van der Waals surface area contributed by atoms with Gasteiger partial charge in [0, 0.05) is 18.3 Å². The van der Waals surface area contributed by atoms with Crippen LogP contribution in [0.15, 0.2) is 24.3 Å². The molecule has 1 fully saturated rings. The van der Waals surface area contributed by atoms with Crippen LogP contribution >= 0.6 is 12.4 Å². The lowest BCUT2D eigenvalue weighted by atomic mass is 10.2. The lowest BCUT2D eigenvalue weighted by Gasteiger charge is -2.26. The molecule has 1 saturated heterocycles. The molecule has 1 unspecified atom stereocenters. The summed E-state index contributed by atoms with van der Waals surface area (Å²) in [6.07, 6.45) is -3.71. The average molecular weight is 397 g/mol. The van der Waals surface area contributed by atoms with Crippen molar-refractivity contribution in [2.75, 3.05) is 24.5 Å². The van der Waals surface area contributed by atoms with Gasteiger partial charge in [-0.15, -0.1) is 25.6 Å². The maximum absolute atomic E-state index is 12.6. The fourth-order valence-corrected chi connectivity index (χ4v) is 2.91. The van der Waals surface area contributed by atoms with Crippen LogP contribution in [0.2, 0.25) is 0 Å². The van der Waals surface area contributed by atoms with Crippen LogP contribution in [-0.4, -0.2) is 53.9 Å². The van der Waals surface area contributed by atoms with Crippen molar-refractivity contribution in [2.45, 2.75) is 32.2 Å². The summed E-state index contributed by atoms with van der Waals surface area (Å²) in [5.74, 6) is -1.75. The Morgan fingerprint density at radius 3 is 2.69 bits per heavy atom. The Morgan fingerprint density at radius 1 is 1.42 bits per heavy atom. The number of nitrogens with zero attached hydrogens (tertiary/aromatic N) is 2. The molecule has 2 rings (SSSR count). The van der Waals surface area contributed by atoms with Crippen LogP contribution in [0.5, 0.6) is 5.75 Å². The van der Waals surface area contributed by atoms with Crippen molar-refractivity contribution in [3.05, 3.63) is 24.3 Å². The highest BCUT2D eigenvalue weighted by molar-refractivity contribution is 5.99. The SMILES string of the molecule is CCCN(CC(=O)O)C1CCN(c2cccc(OC(F)(F)F)c2)C1=O.Cl. The Labute approximate surface area is 154 Å². The lowest BCUT2D eigenvalue weighted by Crippen LogP contribution is -2.44. The highest BCUT2D eigenvalue weighted by Gasteiger charge is 2.37. The standard InChI is InChI=1S/C16H19F3N2O4.ClH/c1-2-7-20(10-14(22)23)13-6-8-21(15(13)24)11-4-3-5-12(9-11)25-16(17,18)19;/h3-5,9,13H,2,6-8,10H2,1H3,(H,22,23);1H. The van der Waals surface area contributed by atoms with Gasteiger partial charge in [0.05, 0.1) is 12.6 Å². The summed E-state index contributed by atoms with van der Waals surface area (Å²) < 4.78 is 40.9. The molecule has 1 amide bonds. The molecule has 0 aliphatic carbocycles. The summed E-state index contributed by atoms with van der Waals surface area (Å²) in [5, 5.41) is 8.99. The molecule has 146 valence electrons. The molecule has 0 spiro atoms. The molecule has 0 radical (unpaired) electrons. The van der Waals surface area contributed by atoms with Crippen LogP contribution in [0.3, 0.4) is 0 Å². The molecule has 6 nitrogen and oxygen atoms in total. The number of carboxylic acid groups (broad SMARTS) is 1. The molecule has 10 heteroatoms. The van der Waals surface area contributed by atoms with Gasteiger partial charge in [-0.1, -0.05) is 13.0 Å². The molecule has 1 atom stereocenters. The van der Waals surface area contributed by atoms with Gasteiger partial charge in [0.15, 0.2) is 0 Å². The molecule has 0 saturated carbocycles. The fraction of sp³-hybridized carbons (Fsp3) is 0.500. The van der Waals surface area contributed by atoms with Crippen LogP contribution in [0.1, 0.15) is 19.8 Å². The molecule has 1 N–H and O–H groups in total. The Morgan fingerprint density at radius 2 is 2.12 bits per heavy atom. The largest absolute Gasteiger partial charge is 0.573 e. The number of hydrogen-bond donors (Lipinski definition) is 1. The van der Waals surface area contributed by atoms with Crippen molar-refractivity contribution in [1.29, 1.82) is 0 Å². The van der Waals surface area contributed by atoms with E-state index in [9.17, 15) is 22.8 Å². The Bertz CT molecular complexity index is 642. The summed E-state index contributed by atoms with van der Waals surface area (Å²) in [6.45, 7) is 2.38. The molecule has 26 heavy (non-hydrogen) atoms. The summed E-state index contributed by atoms with van der Waals surface area (Å²) in [4.78, 5) is 26.6. The minimum absolute atomic E-state index is 0. The minimum atomic E-state index is -4.81. The maximum Gasteiger partial charge on any atom is 0.573 e. The van der Waals surface area contributed by atoms with Gasteiger partial charge in [-0.25, -0.2) is 0 Å². The van der Waals surface area contributed by atoms with Gasteiger partial charge in [0.2, 0.25) is 5.91 Å². The number of carboxylic acids is 1. The summed E-state index contributed by atoms with van der Waals surface area (Å²) in [6, 6.07) is 4.60. The smallest absolute Gasteiger partial charge is 0.480 e. The van der Waals surface area contributed by atoms with Crippen molar-refractivity contribution in [3.63, 3.8) is 0 Å². The lowest BCUT2D eigenvalue weighted by molar-refractivity contribution is -0.274. The second-order valence-electron chi connectivity index (χ2n) is 5.70. The highest BCUT2D eigenvalue weighted by Crippen LogP contribution is 2.30. The molecule has 1 aromatic carbocycles. The maximum atomic E-state index is 12.6. The van der Waals surface area contributed by atoms with Crippen molar-refractivity contribution >= 4 is 30.0 Å². The van der Waals surface area contributed by atoms with Gasteiger partial charge in [-0.3, -0.25) is 14.5 Å². The molecular formula is C16H20ClF3N2O4. The topological polar surface area (TPSA) is 70.1 Å². The van der Waals surface area contributed by atoms with Crippen LogP contribution in [-0.2, 0) is 9.59 Å². The van der Waals surface area contributed by atoms with E-state index in [1.807, 2.05) is 6.92 Å². The number of aliphatic carboxylic acids is 1. The highest BCUT2D eigenvalue weighted by atomic mass is 35.5. The number of carbonyl (C=O) groups is 2. The Hall–Kier alpha value is -2.00. The summed E-state index contributed by atoms with van der Waals surface area (Å²) in [5.41, 5.74) is 0.293. The summed E-state index contributed by atoms with van der Waals surface area (Å²) >= 11 is 0. The third-order valence-corrected chi connectivity index (χ3v) is 3.83. The number of halogens is 4.